The summed E-state index contributed by atoms with van der Waals surface area (Å²) in [5, 5.41) is 37.8. The van der Waals surface area contributed by atoms with Crippen molar-refractivity contribution in [3.63, 3.8) is 0 Å². The molecule has 0 bridgehead atoms. The number of aromatic nitrogens is 1. The van der Waals surface area contributed by atoms with E-state index in [-0.39, 0.29) is 21.1 Å². The Balaban J connectivity index is 2.24. The zero-order valence-corrected chi connectivity index (χ0v) is 12.8. The monoisotopic (exact) mass is 373 g/mol. The van der Waals surface area contributed by atoms with Crippen molar-refractivity contribution < 1.29 is 34.7 Å². The molecule has 4 N–H and O–H groups in total. The van der Waals surface area contributed by atoms with Gasteiger partial charge in [-0.1, -0.05) is 34.8 Å². The standard InChI is InChI=1S/C11H10Cl3NO7/c12-2-1-3(13)9(15-8(2)14)22-11-6(18)4(16)5(17)7(21-11)10(19)20/h1,4-7,11,16-18H,(H,19,20)/t4-,5-,6+,7-,11-/m0/s1. The van der Waals surface area contributed by atoms with Gasteiger partial charge in [0.2, 0.25) is 12.2 Å². The summed E-state index contributed by atoms with van der Waals surface area (Å²) in [5.41, 5.74) is 0. The van der Waals surface area contributed by atoms with Crippen LogP contribution < -0.4 is 4.74 Å². The Bertz CT molecular complexity index is 587. The molecule has 2 rings (SSSR count). The lowest BCUT2D eigenvalue weighted by Crippen LogP contribution is -2.61. The highest BCUT2D eigenvalue weighted by Crippen LogP contribution is 2.32. The maximum Gasteiger partial charge on any atom is 0.335 e. The van der Waals surface area contributed by atoms with E-state index in [0.717, 1.165) is 0 Å². The highest BCUT2D eigenvalue weighted by molar-refractivity contribution is 6.42. The van der Waals surface area contributed by atoms with Gasteiger partial charge in [-0.25, -0.2) is 4.79 Å². The number of aliphatic hydroxyl groups is 3. The molecular weight excluding hydrogens is 364 g/mol. The van der Waals surface area contributed by atoms with E-state index in [1.807, 2.05) is 0 Å². The first-order chi connectivity index (χ1) is 10.2. The zero-order chi connectivity index (χ0) is 16.6. The number of ether oxygens (including phenoxy) is 2. The second-order valence-electron chi connectivity index (χ2n) is 4.40. The fourth-order valence-electron chi connectivity index (χ4n) is 1.77. The van der Waals surface area contributed by atoms with Crippen LogP contribution in [0.2, 0.25) is 15.2 Å². The molecule has 2 heterocycles. The maximum absolute atomic E-state index is 11.0. The lowest BCUT2D eigenvalue weighted by Gasteiger charge is -2.38. The van der Waals surface area contributed by atoms with Crippen LogP contribution in [-0.4, -0.2) is 62.1 Å². The van der Waals surface area contributed by atoms with E-state index in [1.54, 1.807) is 0 Å². The molecule has 1 aliphatic rings. The van der Waals surface area contributed by atoms with Gasteiger partial charge in [0.25, 0.3) is 0 Å². The van der Waals surface area contributed by atoms with Crippen LogP contribution in [-0.2, 0) is 9.53 Å². The average Bonchev–Trinajstić information content (AvgIpc) is 2.44. The summed E-state index contributed by atoms with van der Waals surface area (Å²) >= 11 is 17.2. The van der Waals surface area contributed by atoms with Crippen molar-refractivity contribution in [3.8, 4) is 5.88 Å². The van der Waals surface area contributed by atoms with Crippen molar-refractivity contribution in [2.75, 3.05) is 0 Å². The Morgan fingerprint density at radius 1 is 1.14 bits per heavy atom. The van der Waals surface area contributed by atoms with Crippen LogP contribution in [0.1, 0.15) is 0 Å². The molecule has 0 radical (unpaired) electrons. The number of pyridine rings is 1. The largest absolute Gasteiger partial charge is 0.479 e. The molecule has 122 valence electrons. The predicted octanol–water partition coefficient (Wildman–Crippen LogP) is 0.313. The number of aliphatic carboxylic acids is 1. The summed E-state index contributed by atoms with van der Waals surface area (Å²) in [6.07, 6.45) is -8.81. The van der Waals surface area contributed by atoms with Crippen LogP contribution in [0.3, 0.4) is 0 Å². The fourth-order valence-corrected chi connectivity index (χ4v) is 2.30. The first-order valence-electron chi connectivity index (χ1n) is 5.83. The van der Waals surface area contributed by atoms with Gasteiger partial charge < -0.3 is 29.9 Å². The third kappa shape index (κ3) is 3.38. The minimum atomic E-state index is -1.83. The molecule has 5 atom stereocenters. The number of aliphatic hydroxyl groups excluding tert-OH is 3. The van der Waals surface area contributed by atoms with Crippen LogP contribution in [0.5, 0.6) is 5.88 Å². The molecule has 11 heteroatoms. The van der Waals surface area contributed by atoms with Gasteiger partial charge >= 0.3 is 5.97 Å². The molecule has 8 nitrogen and oxygen atoms in total. The molecule has 0 unspecified atom stereocenters. The predicted molar refractivity (Wildman–Crippen MR) is 74.2 cm³/mol. The lowest BCUT2D eigenvalue weighted by atomic mass is 9.99. The molecule has 1 aromatic rings. The average molecular weight is 375 g/mol. The van der Waals surface area contributed by atoms with Crippen molar-refractivity contribution in [2.45, 2.75) is 30.7 Å². The van der Waals surface area contributed by atoms with Gasteiger partial charge in [-0.15, -0.1) is 0 Å². The number of hydrogen-bond donors (Lipinski definition) is 4. The van der Waals surface area contributed by atoms with Gasteiger partial charge in [0.15, 0.2) is 11.3 Å². The molecule has 1 saturated heterocycles. The molecule has 1 aromatic heterocycles. The first kappa shape index (κ1) is 17.5. The quantitative estimate of drug-likeness (QED) is 0.556. The van der Waals surface area contributed by atoms with E-state index < -0.39 is 36.7 Å². The molecule has 22 heavy (non-hydrogen) atoms. The number of carbonyl (C=O) groups is 1. The van der Waals surface area contributed by atoms with Gasteiger partial charge in [-0.2, -0.15) is 4.98 Å². The number of halogens is 3. The maximum atomic E-state index is 11.0. The molecular formula is C11H10Cl3NO7. The number of carboxylic acid groups (broad SMARTS) is 1. The third-order valence-corrected chi connectivity index (χ3v) is 3.84. The molecule has 0 aromatic carbocycles. The van der Waals surface area contributed by atoms with Crippen LogP contribution in [0, 0.1) is 0 Å². The summed E-state index contributed by atoms with van der Waals surface area (Å²) < 4.78 is 10.1. The van der Waals surface area contributed by atoms with Crippen LogP contribution in [0.4, 0.5) is 0 Å². The second kappa shape index (κ2) is 6.71. The van der Waals surface area contributed by atoms with Gasteiger partial charge in [-0.3, -0.25) is 0 Å². The summed E-state index contributed by atoms with van der Waals surface area (Å²) in [5.74, 6) is -1.83. The fraction of sp³-hybridized carbons (Fsp3) is 0.455. The summed E-state index contributed by atoms with van der Waals surface area (Å²) in [6, 6.07) is 1.23. The van der Waals surface area contributed by atoms with E-state index in [9.17, 15) is 20.1 Å². The van der Waals surface area contributed by atoms with Gasteiger partial charge in [0, 0.05) is 0 Å². The van der Waals surface area contributed by atoms with Crippen LogP contribution in [0.25, 0.3) is 0 Å². The van der Waals surface area contributed by atoms with Gasteiger partial charge in [-0.05, 0) is 6.07 Å². The molecule has 0 amide bonds. The second-order valence-corrected chi connectivity index (χ2v) is 5.57. The Morgan fingerprint density at radius 2 is 1.77 bits per heavy atom. The number of carboxylic acids is 1. The van der Waals surface area contributed by atoms with Crippen molar-refractivity contribution in [3.05, 3.63) is 21.3 Å². The normalized spacial score (nSPS) is 31.8. The molecule has 1 fully saturated rings. The first-order valence-corrected chi connectivity index (χ1v) is 6.96. The Morgan fingerprint density at radius 3 is 2.36 bits per heavy atom. The van der Waals surface area contributed by atoms with Crippen molar-refractivity contribution in [1.82, 2.24) is 4.98 Å². The highest BCUT2D eigenvalue weighted by Gasteiger charge is 2.48. The number of nitrogens with zero attached hydrogens (tertiary/aromatic N) is 1. The Kier molecular flexibility index (Phi) is 5.33. The van der Waals surface area contributed by atoms with Crippen molar-refractivity contribution >= 4 is 40.8 Å². The summed E-state index contributed by atoms with van der Waals surface area (Å²) in [7, 11) is 0. The Labute approximate surface area is 138 Å². The minimum absolute atomic E-state index is 0.0583. The number of rotatable bonds is 3. The van der Waals surface area contributed by atoms with E-state index in [2.05, 4.69) is 4.98 Å². The lowest BCUT2D eigenvalue weighted by molar-refractivity contribution is -0.271. The van der Waals surface area contributed by atoms with E-state index >= 15 is 0 Å². The Hall–Kier alpha value is -0.870. The topological polar surface area (TPSA) is 129 Å². The molecule has 1 aliphatic heterocycles. The van der Waals surface area contributed by atoms with Crippen LogP contribution >= 0.6 is 34.8 Å². The van der Waals surface area contributed by atoms with E-state index in [4.69, 9.17) is 49.4 Å². The van der Waals surface area contributed by atoms with E-state index in [0.29, 0.717) is 0 Å². The smallest absolute Gasteiger partial charge is 0.335 e. The molecule has 0 saturated carbocycles. The van der Waals surface area contributed by atoms with Crippen molar-refractivity contribution in [2.24, 2.45) is 0 Å². The number of hydrogen-bond acceptors (Lipinski definition) is 7. The summed E-state index contributed by atoms with van der Waals surface area (Å²) in [6.45, 7) is 0. The zero-order valence-electron chi connectivity index (χ0n) is 10.6. The minimum Gasteiger partial charge on any atom is -0.479 e. The highest BCUT2D eigenvalue weighted by atomic mass is 35.5. The van der Waals surface area contributed by atoms with Crippen LogP contribution in [0.15, 0.2) is 6.07 Å². The molecule has 0 spiro atoms. The van der Waals surface area contributed by atoms with Crippen molar-refractivity contribution in [1.29, 1.82) is 0 Å². The SMILES string of the molecule is O=C(O)[C@H]1O[C@@H](Oc2nc(Cl)c(Cl)cc2Cl)[C@H](O)[C@@H](O)[C@@H]1O. The van der Waals surface area contributed by atoms with E-state index in [1.165, 1.54) is 6.07 Å². The summed E-state index contributed by atoms with van der Waals surface area (Å²) in [4.78, 5) is 14.7. The van der Waals surface area contributed by atoms with Gasteiger partial charge in [0.05, 0.1) is 5.02 Å². The third-order valence-electron chi connectivity index (χ3n) is 2.90. The molecule has 0 aliphatic carbocycles. The van der Waals surface area contributed by atoms with Gasteiger partial charge in [0.1, 0.15) is 23.3 Å².